The summed E-state index contributed by atoms with van der Waals surface area (Å²) < 4.78 is 44.3. The lowest BCUT2D eigenvalue weighted by Crippen LogP contribution is -2.31. The predicted octanol–water partition coefficient (Wildman–Crippen LogP) is 2.76. The molecule has 1 atom stereocenters. The summed E-state index contributed by atoms with van der Waals surface area (Å²) in [5.41, 5.74) is 0.310. The second kappa shape index (κ2) is 7.49. The summed E-state index contributed by atoms with van der Waals surface area (Å²) in [4.78, 5) is 16.0. The lowest BCUT2D eigenvalue weighted by atomic mass is 10.2. The van der Waals surface area contributed by atoms with E-state index in [1.807, 2.05) is 0 Å². The highest BCUT2D eigenvalue weighted by Gasteiger charge is 2.32. The molecule has 2 aromatic heterocycles. The summed E-state index contributed by atoms with van der Waals surface area (Å²) in [5, 5.41) is 1.43. The van der Waals surface area contributed by atoms with Gasteiger partial charge in [-0.3, -0.25) is 9.78 Å². The monoisotopic (exact) mass is 374 g/mol. The van der Waals surface area contributed by atoms with Crippen LogP contribution in [-0.2, 0) is 9.84 Å². The van der Waals surface area contributed by atoms with E-state index < -0.39 is 26.8 Å². The normalized spacial score (nSPS) is 12.5. The number of nitrogens with zero attached hydrogens (tertiary/aromatic N) is 1. The minimum atomic E-state index is -3.91. The number of hydrogen-bond acceptors (Lipinski definition) is 5. The van der Waals surface area contributed by atoms with Crippen LogP contribution in [0.3, 0.4) is 0 Å². The molecule has 6 nitrogen and oxygen atoms in total. The van der Waals surface area contributed by atoms with Crippen LogP contribution in [0.4, 0.5) is 4.39 Å². The first-order valence-corrected chi connectivity index (χ1v) is 9.24. The first-order chi connectivity index (χ1) is 12.5. The Labute approximate surface area is 149 Å². The fraction of sp³-hybridized carbons (Fsp3) is 0.111. The highest BCUT2D eigenvalue weighted by atomic mass is 32.2. The van der Waals surface area contributed by atoms with Gasteiger partial charge in [0.1, 0.15) is 16.8 Å². The maximum atomic E-state index is 13.1. The molecule has 0 saturated heterocycles. The predicted molar refractivity (Wildman–Crippen MR) is 91.6 cm³/mol. The molecule has 0 fully saturated rings. The molecule has 1 amide bonds. The molecule has 3 aromatic rings. The molecule has 134 valence electrons. The minimum Gasteiger partial charge on any atom is -0.468 e. The lowest BCUT2D eigenvalue weighted by molar-refractivity contribution is 0.0953. The maximum Gasteiger partial charge on any atom is 0.252 e. The first kappa shape index (κ1) is 17.8. The Morgan fingerprint density at radius 1 is 1.15 bits per heavy atom. The van der Waals surface area contributed by atoms with Crippen LogP contribution in [0.2, 0.25) is 0 Å². The van der Waals surface area contributed by atoms with Crippen molar-refractivity contribution < 1.29 is 22.0 Å². The molecular formula is C18H15FN2O4S. The number of amides is 1. The quantitative estimate of drug-likeness (QED) is 0.670. The van der Waals surface area contributed by atoms with Crippen molar-refractivity contribution in [3.63, 3.8) is 0 Å². The lowest BCUT2D eigenvalue weighted by Gasteiger charge is -2.16. The Balaban J connectivity index is 1.86. The second-order valence-corrected chi connectivity index (χ2v) is 7.59. The number of aromatic nitrogens is 1. The van der Waals surface area contributed by atoms with Gasteiger partial charge in [0.05, 0.1) is 16.7 Å². The fourth-order valence-electron chi connectivity index (χ4n) is 2.41. The van der Waals surface area contributed by atoms with Crippen LogP contribution < -0.4 is 5.32 Å². The van der Waals surface area contributed by atoms with Crippen LogP contribution in [0.5, 0.6) is 0 Å². The molecule has 0 aliphatic heterocycles. The molecule has 0 aliphatic rings. The van der Waals surface area contributed by atoms with Crippen molar-refractivity contribution >= 4 is 15.7 Å². The number of hydrogen-bond donors (Lipinski definition) is 1. The Morgan fingerprint density at radius 2 is 1.92 bits per heavy atom. The molecule has 1 unspecified atom stereocenters. The molecule has 0 aliphatic carbocycles. The third-order valence-corrected chi connectivity index (χ3v) is 5.83. The average Bonchev–Trinajstić information content (AvgIpc) is 3.17. The highest BCUT2D eigenvalue weighted by molar-refractivity contribution is 7.91. The van der Waals surface area contributed by atoms with Gasteiger partial charge in [-0.2, -0.15) is 0 Å². The zero-order valence-electron chi connectivity index (χ0n) is 13.5. The molecule has 3 rings (SSSR count). The largest absolute Gasteiger partial charge is 0.468 e. The van der Waals surface area contributed by atoms with E-state index in [9.17, 15) is 17.6 Å². The van der Waals surface area contributed by atoms with Crippen molar-refractivity contribution in [2.45, 2.75) is 10.1 Å². The van der Waals surface area contributed by atoms with E-state index in [0.29, 0.717) is 5.56 Å². The number of nitrogens with one attached hydrogen (secondary N) is 1. The number of furan rings is 1. The SMILES string of the molecule is O=C(NCC(c1ccco1)S(=O)(=O)c1ccc(F)cc1)c1cccnc1. The van der Waals surface area contributed by atoms with Gasteiger partial charge in [-0.15, -0.1) is 0 Å². The van der Waals surface area contributed by atoms with Crippen LogP contribution in [0.1, 0.15) is 21.4 Å². The van der Waals surface area contributed by atoms with Crippen molar-refractivity contribution in [2.24, 2.45) is 0 Å². The van der Waals surface area contributed by atoms with E-state index >= 15 is 0 Å². The zero-order chi connectivity index (χ0) is 18.6. The maximum absolute atomic E-state index is 13.1. The highest BCUT2D eigenvalue weighted by Crippen LogP contribution is 2.29. The van der Waals surface area contributed by atoms with Crippen LogP contribution >= 0.6 is 0 Å². The minimum absolute atomic E-state index is 0.0593. The standard InChI is InChI=1S/C18H15FN2O4S/c19-14-5-7-15(8-6-14)26(23,24)17(16-4-2-10-25-16)12-21-18(22)13-3-1-9-20-11-13/h1-11,17H,12H2,(H,21,22). The average molecular weight is 374 g/mol. The molecule has 0 bridgehead atoms. The molecule has 2 heterocycles. The van der Waals surface area contributed by atoms with Gasteiger partial charge in [-0.05, 0) is 48.5 Å². The smallest absolute Gasteiger partial charge is 0.252 e. The number of rotatable bonds is 6. The van der Waals surface area contributed by atoms with Crippen molar-refractivity contribution in [3.8, 4) is 0 Å². The molecule has 1 aromatic carbocycles. The molecule has 0 saturated carbocycles. The Morgan fingerprint density at radius 3 is 2.54 bits per heavy atom. The van der Waals surface area contributed by atoms with Crippen LogP contribution in [0.15, 0.2) is 76.5 Å². The summed E-state index contributed by atoms with van der Waals surface area (Å²) in [7, 11) is -3.91. The van der Waals surface area contributed by atoms with Gasteiger partial charge in [-0.25, -0.2) is 12.8 Å². The summed E-state index contributed by atoms with van der Waals surface area (Å²) in [6.45, 7) is -0.207. The van der Waals surface area contributed by atoms with Gasteiger partial charge >= 0.3 is 0 Å². The Kier molecular flexibility index (Phi) is 5.13. The summed E-state index contributed by atoms with van der Waals surface area (Å²) >= 11 is 0. The van der Waals surface area contributed by atoms with Crippen molar-refractivity contribution in [2.75, 3.05) is 6.54 Å². The van der Waals surface area contributed by atoms with Crippen LogP contribution in [0.25, 0.3) is 0 Å². The zero-order valence-corrected chi connectivity index (χ0v) is 14.3. The van der Waals surface area contributed by atoms with E-state index in [4.69, 9.17) is 4.42 Å². The second-order valence-electron chi connectivity index (χ2n) is 5.45. The summed E-state index contributed by atoms with van der Waals surface area (Å²) in [5.74, 6) is -0.812. The molecule has 0 radical (unpaired) electrons. The molecule has 1 N–H and O–H groups in total. The third kappa shape index (κ3) is 3.80. The van der Waals surface area contributed by atoms with Gasteiger partial charge < -0.3 is 9.73 Å². The summed E-state index contributed by atoms with van der Waals surface area (Å²) in [6.07, 6.45) is 4.26. The van der Waals surface area contributed by atoms with Crippen LogP contribution in [0, 0.1) is 5.82 Å². The van der Waals surface area contributed by atoms with Crippen LogP contribution in [-0.4, -0.2) is 25.9 Å². The Hall–Kier alpha value is -3.00. The van der Waals surface area contributed by atoms with E-state index in [-0.39, 0.29) is 17.2 Å². The number of benzene rings is 1. The van der Waals surface area contributed by atoms with Gasteiger partial charge in [0.25, 0.3) is 5.91 Å². The van der Waals surface area contributed by atoms with Crippen molar-refractivity contribution in [1.82, 2.24) is 10.3 Å². The number of pyridine rings is 1. The summed E-state index contributed by atoms with van der Waals surface area (Å²) in [6, 6.07) is 10.8. The number of sulfone groups is 1. The van der Waals surface area contributed by atoms with Gasteiger partial charge in [0.2, 0.25) is 0 Å². The molecule has 26 heavy (non-hydrogen) atoms. The Bertz CT molecular complexity index is 972. The molecule has 8 heteroatoms. The molecular weight excluding hydrogens is 359 g/mol. The van der Waals surface area contributed by atoms with Crippen molar-refractivity contribution in [1.29, 1.82) is 0 Å². The first-order valence-electron chi connectivity index (χ1n) is 7.69. The van der Waals surface area contributed by atoms with E-state index in [1.54, 1.807) is 18.2 Å². The van der Waals surface area contributed by atoms with Gasteiger partial charge in [0, 0.05) is 18.9 Å². The number of carbonyl (C=O) groups is 1. The van der Waals surface area contributed by atoms with E-state index in [2.05, 4.69) is 10.3 Å². The van der Waals surface area contributed by atoms with Crippen molar-refractivity contribution in [3.05, 3.63) is 84.3 Å². The fourth-order valence-corrected chi connectivity index (χ4v) is 4.00. The number of halogens is 1. The van der Waals surface area contributed by atoms with Gasteiger partial charge in [-0.1, -0.05) is 0 Å². The van der Waals surface area contributed by atoms with E-state index in [0.717, 1.165) is 12.1 Å². The number of carbonyl (C=O) groups excluding carboxylic acids is 1. The topological polar surface area (TPSA) is 89.3 Å². The van der Waals surface area contributed by atoms with E-state index in [1.165, 1.54) is 36.9 Å². The third-order valence-electron chi connectivity index (χ3n) is 3.75. The molecule has 0 spiro atoms. The van der Waals surface area contributed by atoms with Gasteiger partial charge in [0.15, 0.2) is 9.84 Å².